The molecule has 0 atom stereocenters. The van der Waals surface area contributed by atoms with Crippen LogP contribution in [0.4, 0.5) is 0 Å². The Morgan fingerprint density at radius 2 is 1.95 bits per heavy atom. The first-order valence-corrected chi connectivity index (χ1v) is 6.90. The second kappa shape index (κ2) is 6.68. The summed E-state index contributed by atoms with van der Waals surface area (Å²) in [5.41, 5.74) is 6.67. The Kier molecular flexibility index (Phi) is 4.93. The van der Waals surface area contributed by atoms with Gasteiger partial charge in [-0.05, 0) is 31.2 Å². The first kappa shape index (κ1) is 14.0. The molecule has 3 N–H and O–H groups in total. The monoisotopic (exact) mass is 262 g/mol. The molecule has 0 spiro atoms. The molecule has 2 rings (SSSR count). The molecular formula is C15H22N2O2. The van der Waals surface area contributed by atoms with E-state index in [1.165, 1.54) is 5.56 Å². The zero-order valence-corrected chi connectivity index (χ0v) is 11.2. The van der Waals surface area contributed by atoms with Crippen LogP contribution < -0.4 is 11.1 Å². The molecule has 19 heavy (non-hydrogen) atoms. The van der Waals surface area contributed by atoms with Crippen LogP contribution in [0.3, 0.4) is 0 Å². The fourth-order valence-corrected chi connectivity index (χ4v) is 2.28. The lowest BCUT2D eigenvalue weighted by Crippen LogP contribution is -2.57. The minimum Gasteiger partial charge on any atom is -0.381 e. The van der Waals surface area contributed by atoms with E-state index >= 15 is 0 Å². The molecule has 1 aromatic rings. The molecule has 1 heterocycles. The molecule has 4 nitrogen and oxygen atoms in total. The topological polar surface area (TPSA) is 64.4 Å². The van der Waals surface area contributed by atoms with Gasteiger partial charge in [-0.2, -0.15) is 0 Å². The van der Waals surface area contributed by atoms with Crippen molar-refractivity contribution < 1.29 is 9.53 Å². The van der Waals surface area contributed by atoms with E-state index in [2.05, 4.69) is 17.4 Å². The van der Waals surface area contributed by atoms with Gasteiger partial charge < -0.3 is 15.8 Å². The fraction of sp³-hybridized carbons (Fsp3) is 0.533. The minimum absolute atomic E-state index is 0.0381. The number of hydrogen-bond acceptors (Lipinski definition) is 3. The maximum atomic E-state index is 12.0. The van der Waals surface area contributed by atoms with Crippen LogP contribution in [0.25, 0.3) is 0 Å². The molecule has 1 aliphatic rings. The summed E-state index contributed by atoms with van der Waals surface area (Å²) in [7, 11) is 0. The number of carbonyl (C=O) groups excluding carboxylic acids is 1. The number of nitrogens with two attached hydrogens (primary N) is 1. The largest absolute Gasteiger partial charge is 0.381 e. The second-order valence-corrected chi connectivity index (χ2v) is 5.11. The maximum absolute atomic E-state index is 12.0. The van der Waals surface area contributed by atoms with Gasteiger partial charge in [-0.1, -0.05) is 30.3 Å². The van der Waals surface area contributed by atoms with E-state index in [4.69, 9.17) is 10.5 Å². The molecule has 0 aliphatic carbocycles. The van der Waals surface area contributed by atoms with Gasteiger partial charge in [-0.15, -0.1) is 0 Å². The Bertz CT molecular complexity index is 400. The standard InChI is InChI=1S/C15H22N2O2/c16-15(8-11-19-12-9-15)14(18)17-10-4-7-13-5-2-1-3-6-13/h1-3,5-6H,4,7-12,16H2,(H,17,18). The Labute approximate surface area is 114 Å². The molecule has 0 aromatic heterocycles. The summed E-state index contributed by atoms with van der Waals surface area (Å²) in [6.07, 6.45) is 3.12. The summed E-state index contributed by atoms with van der Waals surface area (Å²) >= 11 is 0. The third-order valence-electron chi connectivity index (χ3n) is 3.61. The van der Waals surface area contributed by atoms with Gasteiger partial charge in [0.05, 0.1) is 5.54 Å². The predicted molar refractivity (Wildman–Crippen MR) is 74.7 cm³/mol. The summed E-state index contributed by atoms with van der Waals surface area (Å²) in [6, 6.07) is 10.3. The Morgan fingerprint density at radius 1 is 1.26 bits per heavy atom. The smallest absolute Gasteiger partial charge is 0.240 e. The Morgan fingerprint density at radius 3 is 2.63 bits per heavy atom. The third-order valence-corrected chi connectivity index (χ3v) is 3.61. The van der Waals surface area contributed by atoms with E-state index in [-0.39, 0.29) is 5.91 Å². The number of hydrogen-bond donors (Lipinski definition) is 2. The van der Waals surface area contributed by atoms with Crippen LogP contribution in [0.2, 0.25) is 0 Å². The van der Waals surface area contributed by atoms with Crippen molar-refractivity contribution in [1.29, 1.82) is 0 Å². The number of rotatable bonds is 5. The second-order valence-electron chi connectivity index (χ2n) is 5.11. The number of aryl methyl sites for hydroxylation is 1. The van der Waals surface area contributed by atoms with E-state index in [0.717, 1.165) is 12.8 Å². The molecule has 1 saturated heterocycles. The van der Waals surface area contributed by atoms with Gasteiger partial charge in [0.2, 0.25) is 5.91 Å². The summed E-state index contributed by atoms with van der Waals surface area (Å²) in [4.78, 5) is 12.0. The van der Waals surface area contributed by atoms with Gasteiger partial charge in [0, 0.05) is 19.8 Å². The van der Waals surface area contributed by atoms with Crippen molar-refractivity contribution in [2.75, 3.05) is 19.8 Å². The zero-order chi connectivity index (χ0) is 13.6. The zero-order valence-electron chi connectivity index (χ0n) is 11.2. The molecule has 1 amide bonds. The van der Waals surface area contributed by atoms with E-state index in [1.807, 2.05) is 18.2 Å². The average Bonchev–Trinajstić information content (AvgIpc) is 2.45. The summed E-state index contributed by atoms with van der Waals surface area (Å²) < 4.78 is 5.24. The van der Waals surface area contributed by atoms with Crippen molar-refractivity contribution in [2.45, 2.75) is 31.2 Å². The summed E-state index contributed by atoms with van der Waals surface area (Å²) in [6.45, 7) is 1.83. The van der Waals surface area contributed by atoms with E-state index in [0.29, 0.717) is 32.6 Å². The van der Waals surface area contributed by atoms with Crippen molar-refractivity contribution in [2.24, 2.45) is 5.73 Å². The molecule has 1 aliphatic heterocycles. The van der Waals surface area contributed by atoms with E-state index in [9.17, 15) is 4.79 Å². The Balaban J connectivity index is 1.69. The third kappa shape index (κ3) is 4.04. The number of ether oxygens (including phenoxy) is 1. The fourth-order valence-electron chi connectivity index (χ4n) is 2.28. The normalized spacial score (nSPS) is 17.9. The lowest BCUT2D eigenvalue weighted by Gasteiger charge is -2.31. The highest BCUT2D eigenvalue weighted by atomic mass is 16.5. The molecular weight excluding hydrogens is 240 g/mol. The van der Waals surface area contributed by atoms with Crippen LogP contribution in [0.15, 0.2) is 30.3 Å². The van der Waals surface area contributed by atoms with Gasteiger partial charge in [0.15, 0.2) is 0 Å². The SMILES string of the molecule is NC1(C(=O)NCCCc2ccccc2)CCOCC1. The molecule has 1 aromatic carbocycles. The van der Waals surface area contributed by atoms with Gasteiger partial charge >= 0.3 is 0 Å². The minimum atomic E-state index is -0.731. The van der Waals surface area contributed by atoms with Crippen LogP contribution >= 0.6 is 0 Å². The average molecular weight is 262 g/mol. The quantitative estimate of drug-likeness (QED) is 0.785. The molecule has 0 unspecified atom stereocenters. The van der Waals surface area contributed by atoms with E-state index < -0.39 is 5.54 Å². The lowest BCUT2D eigenvalue weighted by atomic mass is 9.90. The van der Waals surface area contributed by atoms with Gasteiger partial charge in [-0.3, -0.25) is 4.79 Å². The maximum Gasteiger partial charge on any atom is 0.240 e. The highest BCUT2D eigenvalue weighted by Gasteiger charge is 2.35. The van der Waals surface area contributed by atoms with Crippen molar-refractivity contribution in [3.63, 3.8) is 0 Å². The van der Waals surface area contributed by atoms with Gasteiger partial charge in [-0.25, -0.2) is 0 Å². The Hall–Kier alpha value is -1.39. The molecule has 4 heteroatoms. The number of carbonyl (C=O) groups is 1. The molecule has 0 saturated carbocycles. The van der Waals surface area contributed by atoms with E-state index in [1.54, 1.807) is 0 Å². The van der Waals surface area contributed by atoms with Crippen LogP contribution in [0.5, 0.6) is 0 Å². The molecule has 0 bridgehead atoms. The van der Waals surface area contributed by atoms with Gasteiger partial charge in [0.1, 0.15) is 0 Å². The van der Waals surface area contributed by atoms with Crippen LogP contribution in [0.1, 0.15) is 24.8 Å². The number of amides is 1. The van der Waals surface area contributed by atoms with Crippen LogP contribution in [-0.2, 0) is 16.0 Å². The molecule has 0 radical (unpaired) electrons. The predicted octanol–water partition coefficient (Wildman–Crippen LogP) is 1.24. The van der Waals surface area contributed by atoms with Crippen molar-refractivity contribution in [3.05, 3.63) is 35.9 Å². The van der Waals surface area contributed by atoms with Crippen molar-refractivity contribution in [1.82, 2.24) is 5.32 Å². The number of benzene rings is 1. The highest BCUT2D eigenvalue weighted by Crippen LogP contribution is 2.17. The first-order valence-electron chi connectivity index (χ1n) is 6.90. The summed E-state index contributed by atoms with van der Waals surface area (Å²) in [5.74, 6) is -0.0381. The van der Waals surface area contributed by atoms with Crippen LogP contribution in [-0.4, -0.2) is 31.2 Å². The van der Waals surface area contributed by atoms with Crippen molar-refractivity contribution >= 4 is 5.91 Å². The molecule has 1 fully saturated rings. The van der Waals surface area contributed by atoms with Gasteiger partial charge in [0.25, 0.3) is 0 Å². The lowest BCUT2D eigenvalue weighted by molar-refractivity contribution is -0.129. The number of nitrogens with one attached hydrogen (secondary N) is 1. The van der Waals surface area contributed by atoms with Crippen LogP contribution in [0, 0.1) is 0 Å². The van der Waals surface area contributed by atoms with Crippen molar-refractivity contribution in [3.8, 4) is 0 Å². The highest BCUT2D eigenvalue weighted by molar-refractivity contribution is 5.86. The first-order chi connectivity index (χ1) is 9.21. The molecule has 104 valence electrons. The summed E-state index contributed by atoms with van der Waals surface area (Å²) in [5, 5.41) is 2.94.